The van der Waals surface area contributed by atoms with Gasteiger partial charge in [0.15, 0.2) is 11.6 Å². The van der Waals surface area contributed by atoms with Crippen LogP contribution in [-0.4, -0.2) is 19.3 Å². The zero-order valence-electron chi connectivity index (χ0n) is 10.7. The Kier molecular flexibility index (Phi) is 4.39. The zero-order chi connectivity index (χ0) is 13.8. The van der Waals surface area contributed by atoms with Gasteiger partial charge < -0.3 is 14.6 Å². The van der Waals surface area contributed by atoms with E-state index in [0.29, 0.717) is 17.7 Å². The van der Waals surface area contributed by atoms with Crippen molar-refractivity contribution in [1.82, 2.24) is 0 Å². The minimum absolute atomic E-state index is 0.201. The van der Waals surface area contributed by atoms with Crippen molar-refractivity contribution in [3.63, 3.8) is 0 Å². The van der Waals surface area contributed by atoms with E-state index in [1.54, 1.807) is 25.3 Å². The number of hydrogen-bond acceptors (Lipinski definition) is 4. The van der Waals surface area contributed by atoms with Crippen LogP contribution in [0.2, 0.25) is 0 Å². The lowest BCUT2D eigenvalue weighted by Crippen LogP contribution is -2.02. The molecule has 0 saturated carbocycles. The van der Waals surface area contributed by atoms with Gasteiger partial charge in [-0.2, -0.15) is 0 Å². The summed E-state index contributed by atoms with van der Waals surface area (Å²) >= 11 is 1.42. The van der Waals surface area contributed by atoms with E-state index in [4.69, 9.17) is 9.47 Å². The monoisotopic (exact) mass is 282 g/mol. The molecule has 0 spiro atoms. The summed E-state index contributed by atoms with van der Waals surface area (Å²) in [5, 5.41) is 12.0. The van der Waals surface area contributed by atoms with Gasteiger partial charge >= 0.3 is 0 Å². The second-order valence-electron chi connectivity index (χ2n) is 4.04. The van der Waals surface area contributed by atoms with Crippen LogP contribution in [0.4, 0.5) is 4.39 Å². The highest BCUT2D eigenvalue weighted by Crippen LogP contribution is 2.33. The normalized spacial score (nSPS) is 12.2. The first-order chi connectivity index (χ1) is 9.15. The van der Waals surface area contributed by atoms with E-state index in [0.717, 1.165) is 4.88 Å². The number of halogens is 1. The van der Waals surface area contributed by atoms with Crippen molar-refractivity contribution in [2.45, 2.75) is 12.5 Å². The molecule has 2 rings (SSSR count). The lowest BCUT2D eigenvalue weighted by atomic mass is 10.1. The largest absolute Gasteiger partial charge is 0.495 e. The lowest BCUT2D eigenvalue weighted by molar-refractivity contribution is 0.178. The van der Waals surface area contributed by atoms with Crippen molar-refractivity contribution in [1.29, 1.82) is 0 Å². The smallest absolute Gasteiger partial charge is 0.165 e. The predicted molar refractivity (Wildman–Crippen MR) is 72.5 cm³/mol. The third-order valence-electron chi connectivity index (χ3n) is 2.83. The highest BCUT2D eigenvalue weighted by molar-refractivity contribution is 7.10. The fraction of sp³-hybridized carbons (Fsp3) is 0.286. The van der Waals surface area contributed by atoms with Gasteiger partial charge in [-0.15, -0.1) is 11.3 Å². The van der Waals surface area contributed by atoms with Crippen LogP contribution in [0.3, 0.4) is 0 Å². The second-order valence-corrected chi connectivity index (χ2v) is 4.99. The number of ether oxygens (including phenoxy) is 2. The molecule has 1 aromatic carbocycles. The van der Waals surface area contributed by atoms with Gasteiger partial charge in [0.1, 0.15) is 5.75 Å². The third kappa shape index (κ3) is 3.05. The van der Waals surface area contributed by atoms with Gasteiger partial charge in [-0.05, 0) is 29.1 Å². The van der Waals surface area contributed by atoms with Gasteiger partial charge in [-0.1, -0.05) is 6.07 Å². The molecule has 0 radical (unpaired) electrons. The Morgan fingerprint density at radius 2 is 1.95 bits per heavy atom. The maximum absolute atomic E-state index is 13.6. The predicted octanol–water partition coefficient (Wildman–Crippen LogP) is 3.18. The van der Waals surface area contributed by atoms with Crippen LogP contribution >= 0.6 is 11.3 Å². The molecule has 102 valence electrons. The summed E-state index contributed by atoms with van der Waals surface area (Å²) in [6.07, 6.45) is -0.375. The van der Waals surface area contributed by atoms with E-state index in [1.807, 2.05) is 5.38 Å². The maximum atomic E-state index is 13.6. The molecule has 0 aliphatic carbocycles. The molecule has 1 aromatic heterocycles. The van der Waals surface area contributed by atoms with Crippen molar-refractivity contribution in [3.05, 3.63) is 45.9 Å². The summed E-state index contributed by atoms with van der Waals surface area (Å²) in [6, 6.07) is 6.48. The van der Waals surface area contributed by atoms with Crippen LogP contribution < -0.4 is 9.47 Å². The van der Waals surface area contributed by atoms with Crippen molar-refractivity contribution < 1.29 is 19.0 Å². The first-order valence-electron chi connectivity index (χ1n) is 5.77. The Morgan fingerprint density at radius 1 is 1.21 bits per heavy atom. The van der Waals surface area contributed by atoms with Crippen LogP contribution in [0.5, 0.6) is 11.5 Å². The van der Waals surface area contributed by atoms with Crippen LogP contribution in [-0.2, 0) is 6.42 Å². The molecule has 5 heteroatoms. The highest BCUT2D eigenvalue weighted by Gasteiger charge is 2.16. The van der Waals surface area contributed by atoms with E-state index in [9.17, 15) is 9.50 Å². The third-order valence-corrected chi connectivity index (χ3v) is 3.82. The first kappa shape index (κ1) is 13.8. The topological polar surface area (TPSA) is 38.7 Å². The summed E-state index contributed by atoms with van der Waals surface area (Å²) in [6.45, 7) is 0. The van der Waals surface area contributed by atoms with E-state index in [-0.39, 0.29) is 5.75 Å². The van der Waals surface area contributed by atoms with Gasteiger partial charge in [-0.25, -0.2) is 4.39 Å². The van der Waals surface area contributed by atoms with Gasteiger partial charge in [0.25, 0.3) is 0 Å². The summed E-state index contributed by atoms with van der Waals surface area (Å²) < 4.78 is 23.6. The molecule has 1 unspecified atom stereocenters. The molecular formula is C14H15FO3S. The quantitative estimate of drug-likeness (QED) is 0.915. The Hall–Kier alpha value is -1.59. The average molecular weight is 282 g/mol. The Morgan fingerprint density at radius 3 is 2.58 bits per heavy atom. The molecule has 1 N–H and O–H groups in total. The van der Waals surface area contributed by atoms with E-state index >= 15 is 0 Å². The maximum Gasteiger partial charge on any atom is 0.165 e. The van der Waals surface area contributed by atoms with Gasteiger partial charge in [-0.3, -0.25) is 0 Å². The number of aliphatic hydroxyl groups is 1. The number of aliphatic hydroxyl groups excluding tert-OH is 1. The summed E-state index contributed by atoms with van der Waals surface area (Å²) in [5.74, 6) is 0.434. The number of rotatable bonds is 5. The fourth-order valence-electron chi connectivity index (χ4n) is 1.87. The van der Waals surface area contributed by atoms with E-state index in [1.165, 1.54) is 24.5 Å². The summed E-state index contributed by atoms with van der Waals surface area (Å²) in [4.78, 5) is 0.749. The molecule has 0 saturated heterocycles. The summed E-state index contributed by atoms with van der Waals surface area (Å²) in [7, 11) is 2.98. The SMILES string of the molecule is COc1ccc(CC(O)c2sccc2OC)cc1F. The number of thiophene rings is 1. The molecule has 19 heavy (non-hydrogen) atoms. The van der Waals surface area contributed by atoms with E-state index in [2.05, 4.69) is 0 Å². The van der Waals surface area contributed by atoms with Gasteiger partial charge in [0.2, 0.25) is 0 Å². The second kappa shape index (κ2) is 6.04. The van der Waals surface area contributed by atoms with Crippen molar-refractivity contribution in [2.75, 3.05) is 14.2 Å². The molecule has 1 atom stereocenters. The Balaban J connectivity index is 2.15. The minimum atomic E-state index is -0.706. The van der Waals surface area contributed by atoms with E-state index < -0.39 is 11.9 Å². The molecule has 0 fully saturated rings. The first-order valence-corrected chi connectivity index (χ1v) is 6.65. The van der Waals surface area contributed by atoms with Gasteiger partial charge in [0, 0.05) is 6.42 Å². The average Bonchev–Trinajstić information content (AvgIpc) is 2.87. The van der Waals surface area contributed by atoms with Crippen LogP contribution in [0.25, 0.3) is 0 Å². The number of methoxy groups -OCH3 is 2. The Bertz CT molecular complexity index is 553. The van der Waals surface area contributed by atoms with Gasteiger partial charge in [0.05, 0.1) is 25.2 Å². The molecule has 0 amide bonds. The number of benzene rings is 1. The molecule has 0 bridgehead atoms. The van der Waals surface area contributed by atoms with Crippen LogP contribution in [0.1, 0.15) is 16.5 Å². The molecule has 3 nitrogen and oxygen atoms in total. The molecular weight excluding hydrogens is 267 g/mol. The molecule has 1 heterocycles. The lowest BCUT2D eigenvalue weighted by Gasteiger charge is -2.11. The van der Waals surface area contributed by atoms with Crippen molar-refractivity contribution in [2.24, 2.45) is 0 Å². The molecule has 0 aliphatic heterocycles. The molecule has 0 aliphatic rings. The fourth-order valence-corrected chi connectivity index (χ4v) is 2.72. The summed E-state index contributed by atoms with van der Waals surface area (Å²) in [5.41, 5.74) is 0.709. The molecule has 2 aromatic rings. The van der Waals surface area contributed by atoms with Crippen molar-refractivity contribution >= 4 is 11.3 Å². The Labute approximate surface area is 115 Å². The number of hydrogen-bond donors (Lipinski definition) is 1. The minimum Gasteiger partial charge on any atom is -0.495 e. The zero-order valence-corrected chi connectivity index (χ0v) is 11.5. The highest BCUT2D eigenvalue weighted by atomic mass is 32.1. The standard InChI is InChI=1S/C14H15FO3S/c1-17-12-4-3-9(7-10(12)15)8-11(16)14-13(18-2)5-6-19-14/h3-7,11,16H,8H2,1-2H3. The van der Waals surface area contributed by atoms with Crippen LogP contribution in [0, 0.1) is 5.82 Å². The van der Waals surface area contributed by atoms with Crippen LogP contribution in [0.15, 0.2) is 29.6 Å². The van der Waals surface area contributed by atoms with Crippen molar-refractivity contribution in [3.8, 4) is 11.5 Å².